The second kappa shape index (κ2) is 8.75. The fraction of sp³-hybridized carbons (Fsp3) is 0.346. The molecule has 8 nitrogen and oxygen atoms in total. The lowest BCUT2D eigenvalue weighted by atomic mass is 10.0. The molecule has 1 aromatic carbocycles. The minimum absolute atomic E-state index is 0.193. The summed E-state index contributed by atoms with van der Waals surface area (Å²) in [6.07, 6.45) is 4.63. The van der Waals surface area contributed by atoms with Crippen LogP contribution in [0.1, 0.15) is 33.6 Å². The van der Waals surface area contributed by atoms with Crippen molar-refractivity contribution >= 4 is 34.6 Å². The van der Waals surface area contributed by atoms with Crippen LogP contribution in [0.4, 0.5) is 17.3 Å². The van der Waals surface area contributed by atoms with Gasteiger partial charge in [0, 0.05) is 29.7 Å². The molecule has 2 atom stereocenters. The molecule has 1 fully saturated rings. The molecule has 0 amide bonds. The molecule has 0 aliphatic carbocycles. The summed E-state index contributed by atoms with van der Waals surface area (Å²) in [6, 6.07) is 17.0. The van der Waals surface area contributed by atoms with Gasteiger partial charge in [-0.1, -0.05) is 25.5 Å². The van der Waals surface area contributed by atoms with Gasteiger partial charge in [-0.25, -0.2) is 5.01 Å². The first-order valence-electron chi connectivity index (χ1n) is 12.3. The van der Waals surface area contributed by atoms with Crippen LogP contribution in [0, 0.1) is 0 Å². The Kier molecular flexibility index (Phi) is 5.55. The molecule has 1 aromatic heterocycles. The fourth-order valence-corrected chi connectivity index (χ4v) is 6.31. The molecule has 0 spiro atoms. The SMILES string of the molecule is CCCC1=CN(c2ccc3c(-c4ccc(N)cc4)c4ccc(N5CC(C)OC(C)C5)[n+]-4sn23)NN1. The number of nitrogens with two attached hydrogens (primary N) is 1. The van der Waals surface area contributed by atoms with Crippen LogP contribution in [0.5, 0.6) is 0 Å². The van der Waals surface area contributed by atoms with E-state index in [1.165, 1.54) is 22.8 Å². The van der Waals surface area contributed by atoms with Crippen LogP contribution in [0.3, 0.4) is 0 Å². The van der Waals surface area contributed by atoms with Crippen molar-refractivity contribution < 1.29 is 8.69 Å². The fourth-order valence-electron chi connectivity index (χ4n) is 5.17. The van der Waals surface area contributed by atoms with Gasteiger partial charge in [0.15, 0.2) is 11.7 Å². The Morgan fingerprint density at radius 3 is 2.57 bits per heavy atom. The number of nitrogens with zero attached hydrogens (tertiary/aromatic N) is 4. The molecule has 4 aliphatic heterocycles. The minimum atomic E-state index is 0.193. The first-order chi connectivity index (χ1) is 17.0. The Hall–Kier alpha value is -3.27. The van der Waals surface area contributed by atoms with E-state index in [1.807, 2.05) is 12.1 Å². The van der Waals surface area contributed by atoms with E-state index in [2.05, 4.69) is 92.0 Å². The number of allylic oxidation sites excluding steroid dienone is 1. The van der Waals surface area contributed by atoms with Gasteiger partial charge >= 0.3 is 0 Å². The van der Waals surface area contributed by atoms with Gasteiger partial charge in [0.1, 0.15) is 11.2 Å². The van der Waals surface area contributed by atoms with Gasteiger partial charge in [0.05, 0.1) is 30.9 Å². The number of ether oxygens (including phenoxy) is 1. The summed E-state index contributed by atoms with van der Waals surface area (Å²) in [5, 5.41) is 2.06. The minimum Gasteiger partial charge on any atom is -0.399 e. The van der Waals surface area contributed by atoms with Crippen molar-refractivity contribution in [2.45, 2.75) is 45.8 Å². The standard InChI is InChI=1S/C26H31N7OS/c1-4-5-21-16-31(29-28-21)25-13-11-23-26(19-6-8-20(27)9-7-19)22-10-12-24(32(22)35-33(23)25)30-14-17(2)34-18(3)15-30/h6-13,16-18,27-29H,4-5,14-15H2,1-3H3/p+1. The molecule has 2 unspecified atom stereocenters. The molecule has 0 saturated carbocycles. The number of hydrogen-bond acceptors (Lipinski definition) is 7. The number of fused-ring (bicyclic) bond motifs is 2. The van der Waals surface area contributed by atoms with Gasteiger partial charge in [-0.15, -0.1) is 9.49 Å². The quantitative estimate of drug-likeness (QED) is 0.290. The number of nitrogen functional groups attached to an aromatic ring is 1. The highest BCUT2D eigenvalue weighted by atomic mass is 32.1. The summed E-state index contributed by atoms with van der Waals surface area (Å²) in [5.74, 6) is 2.26. The third kappa shape index (κ3) is 3.89. The van der Waals surface area contributed by atoms with Gasteiger partial charge in [-0.05, 0) is 50.1 Å². The summed E-state index contributed by atoms with van der Waals surface area (Å²) in [5.41, 5.74) is 19.3. The zero-order chi connectivity index (χ0) is 24.1. The Balaban J connectivity index is 1.54. The zero-order valence-corrected chi connectivity index (χ0v) is 21.2. The van der Waals surface area contributed by atoms with Crippen molar-refractivity contribution in [1.82, 2.24) is 14.8 Å². The zero-order valence-electron chi connectivity index (χ0n) is 20.4. The van der Waals surface area contributed by atoms with E-state index in [0.717, 1.165) is 48.5 Å². The number of anilines is 3. The highest BCUT2D eigenvalue weighted by Crippen LogP contribution is 2.37. The molecule has 9 heteroatoms. The maximum Gasteiger partial charge on any atom is 0.239 e. The van der Waals surface area contributed by atoms with Crippen molar-refractivity contribution in [3.8, 4) is 16.8 Å². The Morgan fingerprint density at radius 1 is 1.06 bits per heavy atom. The van der Waals surface area contributed by atoms with E-state index in [4.69, 9.17) is 10.5 Å². The first-order valence-corrected chi connectivity index (χ1v) is 13.0. The normalized spacial score (nSPS) is 20.6. The van der Waals surface area contributed by atoms with E-state index in [0.29, 0.717) is 0 Å². The predicted octanol–water partition coefficient (Wildman–Crippen LogP) is 4.05. The van der Waals surface area contributed by atoms with Gasteiger partial charge < -0.3 is 15.9 Å². The van der Waals surface area contributed by atoms with Crippen molar-refractivity contribution in [2.24, 2.45) is 0 Å². The monoisotopic (exact) mass is 490 g/mol. The first kappa shape index (κ1) is 22.2. The molecular weight excluding hydrogens is 458 g/mol. The molecule has 0 radical (unpaired) electrons. The van der Waals surface area contributed by atoms with Gasteiger partial charge in [0.2, 0.25) is 11.6 Å². The molecule has 2 aromatic rings. The number of nitrogens with one attached hydrogen (secondary N) is 2. The van der Waals surface area contributed by atoms with E-state index < -0.39 is 0 Å². The molecule has 182 valence electrons. The van der Waals surface area contributed by atoms with E-state index in [1.54, 1.807) is 11.7 Å². The lowest BCUT2D eigenvalue weighted by Crippen LogP contribution is -2.49. The average Bonchev–Trinajstić information content (AvgIpc) is 3.56. The summed E-state index contributed by atoms with van der Waals surface area (Å²) < 4.78 is 10.7. The highest BCUT2D eigenvalue weighted by molar-refractivity contribution is 6.96. The summed E-state index contributed by atoms with van der Waals surface area (Å²) in [6.45, 7) is 8.23. The number of aromatic nitrogens is 2. The number of hydrogen-bond donors (Lipinski definition) is 3. The second-order valence-corrected chi connectivity index (χ2v) is 10.4. The molecule has 6 rings (SSSR count). The van der Waals surface area contributed by atoms with Crippen molar-refractivity contribution in [2.75, 3.05) is 28.7 Å². The molecule has 35 heavy (non-hydrogen) atoms. The van der Waals surface area contributed by atoms with E-state index in [9.17, 15) is 0 Å². The van der Waals surface area contributed by atoms with Crippen LogP contribution in [0.2, 0.25) is 0 Å². The Bertz CT molecular complexity index is 1350. The summed E-state index contributed by atoms with van der Waals surface area (Å²) in [4.78, 5) is 2.44. The number of rotatable bonds is 5. The summed E-state index contributed by atoms with van der Waals surface area (Å²) in [7, 11) is 0. The summed E-state index contributed by atoms with van der Waals surface area (Å²) >= 11 is 1.71. The third-order valence-electron chi connectivity index (χ3n) is 6.64. The van der Waals surface area contributed by atoms with Gasteiger partial charge in [0.25, 0.3) is 0 Å². The third-order valence-corrected chi connectivity index (χ3v) is 7.73. The highest BCUT2D eigenvalue weighted by Gasteiger charge is 2.33. The number of benzene rings is 1. The van der Waals surface area contributed by atoms with Crippen LogP contribution in [0.15, 0.2) is 60.4 Å². The average molecular weight is 491 g/mol. The lowest BCUT2D eigenvalue weighted by Gasteiger charge is -2.32. The van der Waals surface area contributed by atoms with Crippen molar-refractivity contribution in [3.63, 3.8) is 0 Å². The van der Waals surface area contributed by atoms with Gasteiger partial charge in [-0.2, -0.15) is 3.79 Å². The van der Waals surface area contributed by atoms with Crippen LogP contribution in [-0.4, -0.2) is 29.1 Å². The number of hydrazine groups is 2. The van der Waals surface area contributed by atoms with Crippen molar-refractivity contribution in [1.29, 1.82) is 0 Å². The molecule has 1 saturated heterocycles. The molecule has 5 heterocycles. The van der Waals surface area contributed by atoms with Crippen LogP contribution < -0.4 is 30.6 Å². The molecular formula is C26H32N7OS+. The van der Waals surface area contributed by atoms with Crippen LogP contribution in [0.25, 0.3) is 22.3 Å². The second-order valence-electron chi connectivity index (χ2n) is 9.49. The topological polar surface area (TPSA) is 74.1 Å². The smallest absolute Gasteiger partial charge is 0.239 e. The largest absolute Gasteiger partial charge is 0.399 e. The van der Waals surface area contributed by atoms with Gasteiger partial charge in [-0.3, -0.25) is 4.90 Å². The van der Waals surface area contributed by atoms with E-state index >= 15 is 0 Å². The van der Waals surface area contributed by atoms with E-state index in [-0.39, 0.29) is 12.2 Å². The number of morpholine rings is 1. The Labute approximate surface area is 209 Å². The van der Waals surface area contributed by atoms with Crippen LogP contribution >= 0.6 is 11.7 Å². The lowest BCUT2D eigenvalue weighted by molar-refractivity contribution is -0.505. The Morgan fingerprint density at radius 2 is 1.83 bits per heavy atom. The van der Waals surface area contributed by atoms with Crippen LogP contribution in [-0.2, 0) is 4.74 Å². The molecule has 0 bridgehead atoms. The van der Waals surface area contributed by atoms with Crippen molar-refractivity contribution in [3.05, 3.63) is 60.4 Å². The molecule has 4 aliphatic rings. The molecule has 4 N–H and O–H groups in total. The maximum atomic E-state index is 6.03. The predicted molar refractivity (Wildman–Crippen MR) is 142 cm³/mol. The maximum absolute atomic E-state index is 6.03.